The van der Waals surface area contributed by atoms with Crippen molar-refractivity contribution in [3.8, 4) is 27.9 Å². The number of rotatable bonds is 5. The Morgan fingerprint density at radius 3 is 1.83 bits per heavy atom. The lowest BCUT2D eigenvalue weighted by molar-refractivity contribution is 0.661. The number of fused-ring (bicyclic) bond motifs is 9. The molecule has 0 N–H and O–H groups in total. The van der Waals surface area contributed by atoms with E-state index in [0.717, 1.165) is 17.1 Å². The third-order valence-corrected chi connectivity index (χ3v) is 12.9. The SMILES string of the molecule is CC1(C)c2cc3ccccc3cc2-c2cccc(N(c3ccc4ccccc4c3-c3ccc4ccccc4c3)c3cccc4c5ccccc5n(-c5ccccc5)c34)c21. The summed E-state index contributed by atoms with van der Waals surface area (Å²) in [6, 6.07) is 76.4. The standard InChI is InChI=1S/C57H40N2/c1-57(2)49-36-41-20-9-8-19-40(41)35-48(49)46-25-14-28-52(55(46)57)59(53-29-15-26-47-45-24-12-13-27-50(45)58(56(47)53)43-21-4-3-5-22-43)51-33-32-38-17-10-11-23-44(38)54(51)42-31-30-37-16-6-7-18-39(37)34-42/h3-36H,1-2H3. The number of nitrogens with zero attached hydrogens (tertiary/aromatic N) is 2. The lowest BCUT2D eigenvalue weighted by Crippen LogP contribution is -2.21. The van der Waals surface area contributed by atoms with E-state index < -0.39 is 0 Å². The van der Waals surface area contributed by atoms with Crippen molar-refractivity contribution in [2.24, 2.45) is 0 Å². The van der Waals surface area contributed by atoms with Crippen LogP contribution in [0.3, 0.4) is 0 Å². The van der Waals surface area contributed by atoms with E-state index in [-0.39, 0.29) is 5.41 Å². The average Bonchev–Trinajstić information content (AvgIpc) is 3.74. The van der Waals surface area contributed by atoms with Gasteiger partial charge < -0.3 is 9.47 Å². The molecule has 1 aliphatic carbocycles. The van der Waals surface area contributed by atoms with Gasteiger partial charge in [-0.15, -0.1) is 0 Å². The van der Waals surface area contributed by atoms with Crippen molar-refractivity contribution in [3.63, 3.8) is 0 Å². The molecule has 2 nitrogen and oxygen atoms in total. The molecule has 1 aliphatic rings. The molecule has 11 aromatic rings. The van der Waals surface area contributed by atoms with E-state index in [0.29, 0.717) is 0 Å². The molecule has 0 unspecified atom stereocenters. The Kier molecular flexibility index (Phi) is 7.31. The zero-order valence-corrected chi connectivity index (χ0v) is 33.0. The van der Waals surface area contributed by atoms with Gasteiger partial charge in [0.2, 0.25) is 0 Å². The molecule has 2 heteroatoms. The minimum atomic E-state index is -0.288. The van der Waals surface area contributed by atoms with Crippen LogP contribution in [0.1, 0.15) is 25.0 Å². The highest BCUT2D eigenvalue weighted by Gasteiger charge is 2.40. The zero-order chi connectivity index (χ0) is 39.2. The Morgan fingerprint density at radius 1 is 0.407 bits per heavy atom. The van der Waals surface area contributed by atoms with Crippen LogP contribution in [0.2, 0.25) is 0 Å². The molecule has 12 rings (SSSR count). The monoisotopic (exact) mass is 752 g/mol. The minimum Gasteiger partial charge on any atom is -0.307 e. The van der Waals surface area contributed by atoms with Gasteiger partial charge in [0.25, 0.3) is 0 Å². The molecule has 0 bridgehead atoms. The third-order valence-electron chi connectivity index (χ3n) is 12.9. The quantitative estimate of drug-likeness (QED) is 0.170. The third kappa shape index (κ3) is 5.00. The van der Waals surface area contributed by atoms with Crippen LogP contribution in [0.15, 0.2) is 206 Å². The van der Waals surface area contributed by atoms with Crippen molar-refractivity contribution >= 4 is 71.2 Å². The van der Waals surface area contributed by atoms with Gasteiger partial charge in [-0.2, -0.15) is 0 Å². The molecular weight excluding hydrogens is 713 g/mol. The van der Waals surface area contributed by atoms with Gasteiger partial charge in [-0.25, -0.2) is 0 Å². The molecular formula is C57H40N2. The largest absolute Gasteiger partial charge is 0.307 e. The number of benzene rings is 10. The summed E-state index contributed by atoms with van der Waals surface area (Å²) in [5, 5.41) is 9.90. The first-order valence-corrected chi connectivity index (χ1v) is 20.6. The van der Waals surface area contributed by atoms with Crippen LogP contribution >= 0.6 is 0 Å². The number of para-hydroxylation sites is 3. The second-order valence-corrected chi connectivity index (χ2v) is 16.5. The molecule has 278 valence electrons. The second-order valence-electron chi connectivity index (χ2n) is 16.5. The van der Waals surface area contributed by atoms with Crippen molar-refractivity contribution in [2.45, 2.75) is 19.3 Å². The molecule has 1 aromatic heterocycles. The molecule has 10 aromatic carbocycles. The Balaban J connectivity index is 1.24. The van der Waals surface area contributed by atoms with Gasteiger partial charge in [0.15, 0.2) is 0 Å². The maximum absolute atomic E-state index is 2.60. The van der Waals surface area contributed by atoms with E-state index in [4.69, 9.17) is 0 Å². The van der Waals surface area contributed by atoms with E-state index in [1.54, 1.807) is 0 Å². The van der Waals surface area contributed by atoms with Crippen LogP contribution in [-0.4, -0.2) is 4.57 Å². The van der Waals surface area contributed by atoms with Gasteiger partial charge >= 0.3 is 0 Å². The molecule has 0 atom stereocenters. The van der Waals surface area contributed by atoms with Crippen LogP contribution in [0.25, 0.3) is 82.1 Å². The summed E-state index contributed by atoms with van der Waals surface area (Å²) in [5.74, 6) is 0. The molecule has 59 heavy (non-hydrogen) atoms. The lowest BCUT2D eigenvalue weighted by Gasteiger charge is -2.34. The maximum Gasteiger partial charge on any atom is 0.0782 e. The first-order valence-electron chi connectivity index (χ1n) is 20.6. The van der Waals surface area contributed by atoms with Gasteiger partial charge in [-0.05, 0) is 115 Å². The Labute approximate surface area is 343 Å². The first-order chi connectivity index (χ1) is 29.0. The van der Waals surface area contributed by atoms with Gasteiger partial charge in [-0.3, -0.25) is 0 Å². The topological polar surface area (TPSA) is 8.17 Å². The van der Waals surface area contributed by atoms with Gasteiger partial charge in [-0.1, -0.05) is 166 Å². The van der Waals surface area contributed by atoms with Crippen molar-refractivity contribution < 1.29 is 0 Å². The summed E-state index contributed by atoms with van der Waals surface area (Å²) in [6.45, 7) is 4.83. The molecule has 1 heterocycles. The summed E-state index contributed by atoms with van der Waals surface area (Å²) < 4.78 is 2.47. The Bertz CT molecular complexity index is 3480. The Hall–Kier alpha value is -7.42. The number of aromatic nitrogens is 1. The molecule has 0 saturated heterocycles. The summed E-state index contributed by atoms with van der Waals surface area (Å²) in [6.07, 6.45) is 0. The average molecular weight is 753 g/mol. The predicted molar refractivity (Wildman–Crippen MR) is 251 cm³/mol. The lowest BCUT2D eigenvalue weighted by atomic mass is 9.80. The van der Waals surface area contributed by atoms with Crippen LogP contribution in [0, 0.1) is 0 Å². The molecule has 0 amide bonds. The van der Waals surface area contributed by atoms with Gasteiger partial charge in [0, 0.05) is 27.4 Å². The first kappa shape index (κ1) is 33.7. The Morgan fingerprint density at radius 2 is 1.02 bits per heavy atom. The van der Waals surface area contributed by atoms with E-state index in [1.807, 2.05) is 0 Å². The van der Waals surface area contributed by atoms with Crippen molar-refractivity contribution in [1.82, 2.24) is 4.57 Å². The summed E-state index contributed by atoms with van der Waals surface area (Å²) >= 11 is 0. The van der Waals surface area contributed by atoms with Crippen LogP contribution in [0.5, 0.6) is 0 Å². The molecule has 0 saturated carbocycles. The normalized spacial score (nSPS) is 13.1. The maximum atomic E-state index is 2.60. The fraction of sp³-hybridized carbons (Fsp3) is 0.0526. The van der Waals surface area contributed by atoms with Crippen molar-refractivity contribution in [1.29, 1.82) is 0 Å². The van der Waals surface area contributed by atoms with Gasteiger partial charge in [0.1, 0.15) is 0 Å². The predicted octanol–water partition coefficient (Wildman–Crippen LogP) is 15.7. The molecule has 0 radical (unpaired) electrons. The molecule has 0 aliphatic heterocycles. The fourth-order valence-electron chi connectivity index (χ4n) is 10.2. The fourth-order valence-corrected chi connectivity index (χ4v) is 10.2. The van der Waals surface area contributed by atoms with E-state index in [2.05, 4.69) is 230 Å². The number of hydrogen-bond acceptors (Lipinski definition) is 1. The van der Waals surface area contributed by atoms with Crippen LogP contribution in [-0.2, 0) is 5.41 Å². The zero-order valence-electron chi connectivity index (χ0n) is 33.0. The highest BCUT2D eigenvalue weighted by atomic mass is 15.2. The van der Waals surface area contributed by atoms with Crippen molar-refractivity contribution in [2.75, 3.05) is 4.90 Å². The molecule has 0 fully saturated rings. The summed E-state index contributed by atoms with van der Waals surface area (Å²) in [5.41, 5.74) is 14.4. The minimum absolute atomic E-state index is 0.288. The number of anilines is 3. The van der Waals surface area contributed by atoms with E-state index in [1.165, 1.54) is 93.2 Å². The summed E-state index contributed by atoms with van der Waals surface area (Å²) in [4.78, 5) is 2.60. The highest BCUT2D eigenvalue weighted by Crippen LogP contribution is 2.57. The molecule has 0 spiro atoms. The van der Waals surface area contributed by atoms with Gasteiger partial charge in [0.05, 0.1) is 28.1 Å². The van der Waals surface area contributed by atoms with Crippen molar-refractivity contribution in [3.05, 3.63) is 217 Å². The summed E-state index contributed by atoms with van der Waals surface area (Å²) in [7, 11) is 0. The van der Waals surface area contributed by atoms with E-state index >= 15 is 0 Å². The highest BCUT2D eigenvalue weighted by molar-refractivity contribution is 6.16. The van der Waals surface area contributed by atoms with Crippen LogP contribution < -0.4 is 4.90 Å². The number of hydrogen-bond donors (Lipinski definition) is 0. The smallest absolute Gasteiger partial charge is 0.0782 e. The van der Waals surface area contributed by atoms with Crippen LogP contribution in [0.4, 0.5) is 17.1 Å². The van der Waals surface area contributed by atoms with E-state index in [9.17, 15) is 0 Å². The second kappa shape index (κ2) is 12.8.